The Bertz CT molecular complexity index is 499. The summed E-state index contributed by atoms with van der Waals surface area (Å²) in [6, 6.07) is 7.02. The summed E-state index contributed by atoms with van der Waals surface area (Å²) in [7, 11) is 0. The third kappa shape index (κ3) is 3.56. The Hall–Kier alpha value is -0.820. The summed E-state index contributed by atoms with van der Waals surface area (Å²) in [5.74, 6) is 0.303. The van der Waals surface area contributed by atoms with Crippen molar-refractivity contribution in [2.75, 3.05) is 6.61 Å². The van der Waals surface area contributed by atoms with Gasteiger partial charge in [0.25, 0.3) is 0 Å². The van der Waals surface area contributed by atoms with Crippen LogP contribution in [0.25, 0.3) is 0 Å². The Kier molecular flexibility index (Phi) is 5.37. The molecule has 0 fully saturated rings. The SMILES string of the molecule is CCCCC[C@H](CO)c1ccc2c(c1)C(C)(C)CCC2(C)C. The largest absolute Gasteiger partial charge is 0.396 e. The predicted molar refractivity (Wildman–Crippen MR) is 95.7 cm³/mol. The van der Waals surface area contributed by atoms with E-state index in [-0.39, 0.29) is 17.4 Å². The van der Waals surface area contributed by atoms with Crippen LogP contribution in [0, 0.1) is 0 Å². The van der Waals surface area contributed by atoms with Crippen molar-refractivity contribution in [3.05, 3.63) is 34.9 Å². The maximum Gasteiger partial charge on any atom is 0.0499 e. The van der Waals surface area contributed by atoms with Crippen molar-refractivity contribution in [1.29, 1.82) is 0 Å². The molecule has 0 unspecified atom stereocenters. The Morgan fingerprint density at radius 2 is 1.64 bits per heavy atom. The average Bonchev–Trinajstić information content (AvgIpc) is 2.48. The summed E-state index contributed by atoms with van der Waals surface area (Å²) in [5, 5.41) is 9.82. The molecule has 0 spiro atoms. The quantitative estimate of drug-likeness (QED) is 0.669. The molecule has 0 heterocycles. The van der Waals surface area contributed by atoms with E-state index in [1.807, 2.05) is 0 Å². The highest BCUT2D eigenvalue weighted by Gasteiger charge is 2.37. The second-order valence-electron chi connectivity index (χ2n) is 8.45. The van der Waals surface area contributed by atoms with Gasteiger partial charge < -0.3 is 5.11 Å². The summed E-state index contributed by atoms with van der Waals surface area (Å²) in [6.07, 6.45) is 7.33. The van der Waals surface area contributed by atoms with Crippen molar-refractivity contribution in [1.82, 2.24) is 0 Å². The van der Waals surface area contributed by atoms with E-state index < -0.39 is 0 Å². The fraction of sp³-hybridized carbons (Fsp3) is 0.714. The maximum absolute atomic E-state index is 9.82. The molecule has 0 bridgehead atoms. The Balaban J connectivity index is 2.32. The van der Waals surface area contributed by atoms with E-state index in [0.29, 0.717) is 5.92 Å². The number of rotatable bonds is 6. The molecule has 1 heteroatoms. The number of unbranched alkanes of at least 4 members (excludes halogenated alkanes) is 2. The lowest BCUT2D eigenvalue weighted by Crippen LogP contribution is -2.34. The minimum absolute atomic E-state index is 0.254. The summed E-state index contributed by atoms with van der Waals surface area (Å²) in [4.78, 5) is 0. The molecule has 1 aromatic carbocycles. The number of hydrogen-bond acceptors (Lipinski definition) is 1. The Morgan fingerprint density at radius 3 is 2.23 bits per heavy atom. The van der Waals surface area contributed by atoms with Crippen LogP contribution in [0.5, 0.6) is 0 Å². The molecule has 22 heavy (non-hydrogen) atoms. The second kappa shape index (κ2) is 6.74. The molecule has 1 aromatic rings. The normalized spacial score (nSPS) is 20.5. The van der Waals surface area contributed by atoms with Gasteiger partial charge >= 0.3 is 0 Å². The second-order valence-corrected chi connectivity index (χ2v) is 8.45. The van der Waals surface area contributed by atoms with E-state index in [2.05, 4.69) is 52.8 Å². The summed E-state index contributed by atoms with van der Waals surface area (Å²) < 4.78 is 0. The molecule has 124 valence electrons. The molecule has 0 amide bonds. The van der Waals surface area contributed by atoms with E-state index in [1.165, 1.54) is 48.8 Å². The lowest BCUT2D eigenvalue weighted by atomic mass is 9.62. The monoisotopic (exact) mass is 302 g/mol. The molecule has 1 aliphatic carbocycles. The zero-order valence-electron chi connectivity index (χ0n) is 15.2. The molecule has 1 N–H and O–H groups in total. The van der Waals surface area contributed by atoms with Crippen LogP contribution in [0.1, 0.15) is 95.8 Å². The highest BCUT2D eigenvalue weighted by atomic mass is 16.3. The van der Waals surface area contributed by atoms with Gasteiger partial charge in [-0.3, -0.25) is 0 Å². The van der Waals surface area contributed by atoms with Crippen LogP contribution in [-0.2, 0) is 10.8 Å². The van der Waals surface area contributed by atoms with Gasteiger partial charge in [0.05, 0.1) is 0 Å². The summed E-state index contributed by atoms with van der Waals surface area (Å²) in [6.45, 7) is 12.0. The molecule has 0 radical (unpaired) electrons. The predicted octanol–water partition coefficient (Wildman–Crippen LogP) is 5.69. The van der Waals surface area contributed by atoms with Crippen molar-refractivity contribution in [3.8, 4) is 0 Å². The van der Waals surface area contributed by atoms with Gasteiger partial charge in [0.2, 0.25) is 0 Å². The van der Waals surface area contributed by atoms with Gasteiger partial charge in [-0.15, -0.1) is 0 Å². The van der Waals surface area contributed by atoms with Gasteiger partial charge in [0.15, 0.2) is 0 Å². The third-order valence-corrected chi connectivity index (χ3v) is 5.72. The molecule has 1 aliphatic rings. The smallest absolute Gasteiger partial charge is 0.0499 e. The Labute approximate surface area is 137 Å². The fourth-order valence-electron chi connectivity index (χ4n) is 3.86. The molecule has 1 nitrogen and oxygen atoms in total. The van der Waals surface area contributed by atoms with Crippen LogP contribution in [0.15, 0.2) is 18.2 Å². The molecule has 2 rings (SSSR count). The van der Waals surface area contributed by atoms with Crippen molar-refractivity contribution in [2.45, 2.75) is 89.9 Å². The molecular weight excluding hydrogens is 268 g/mol. The molecule has 1 atom stereocenters. The number of hydrogen-bond donors (Lipinski definition) is 1. The first-order chi connectivity index (χ1) is 10.3. The van der Waals surface area contributed by atoms with Crippen LogP contribution in [0.2, 0.25) is 0 Å². The molecule has 0 aromatic heterocycles. The van der Waals surface area contributed by atoms with Gasteiger partial charge in [0, 0.05) is 12.5 Å². The van der Waals surface area contributed by atoms with Crippen LogP contribution < -0.4 is 0 Å². The van der Waals surface area contributed by atoms with E-state index in [0.717, 1.165) is 6.42 Å². The minimum Gasteiger partial charge on any atom is -0.396 e. The molecule has 0 saturated heterocycles. The highest BCUT2D eigenvalue weighted by molar-refractivity contribution is 5.44. The van der Waals surface area contributed by atoms with Gasteiger partial charge in [-0.25, -0.2) is 0 Å². The summed E-state index contributed by atoms with van der Waals surface area (Å²) >= 11 is 0. The number of benzene rings is 1. The number of aliphatic hydroxyl groups excluding tert-OH is 1. The standard InChI is InChI=1S/C21H34O/c1-6-7-8-9-17(15-22)16-10-11-18-19(14-16)21(4,5)13-12-20(18,2)3/h10-11,14,17,22H,6-9,12-13,15H2,1-5H3/t17-/m1/s1. The fourth-order valence-corrected chi connectivity index (χ4v) is 3.86. The first-order valence-electron chi connectivity index (χ1n) is 9.07. The highest BCUT2D eigenvalue weighted by Crippen LogP contribution is 2.46. The van der Waals surface area contributed by atoms with E-state index in [9.17, 15) is 5.11 Å². The van der Waals surface area contributed by atoms with Gasteiger partial charge in [-0.2, -0.15) is 0 Å². The van der Waals surface area contributed by atoms with Crippen molar-refractivity contribution >= 4 is 0 Å². The minimum atomic E-state index is 0.254. The van der Waals surface area contributed by atoms with E-state index in [4.69, 9.17) is 0 Å². The molecular formula is C21H34O. The zero-order valence-corrected chi connectivity index (χ0v) is 15.2. The van der Waals surface area contributed by atoms with E-state index >= 15 is 0 Å². The van der Waals surface area contributed by atoms with Gasteiger partial charge in [-0.1, -0.05) is 72.1 Å². The van der Waals surface area contributed by atoms with Crippen molar-refractivity contribution < 1.29 is 5.11 Å². The summed E-state index contributed by atoms with van der Waals surface area (Å²) in [5.41, 5.74) is 4.89. The van der Waals surface area contributed by atoms with Crippen LogP contribution >= 0.6 is 0 Å². The third-order valence-electron chi connectivity index (χ3n) is 5.72. The van der Waals surface area contributed by atoms with Crippen molar-refractivity contribution in [3.63, 3.8) is 0 Å². The average molecular weight is 303 g/mol. The van der Waals surface area contributed by atoms with Crippen LogP contribution in [-0.4, -0.2) is 11.7 Å². The first-order valence-corrected chi connectivity index (χ1v) is 9.07. The zero-order chi connectivity index (χ0) is 16.4. The van der Waals surface area contributed by atoms with Crippen LogP contribution in [0.4, 0.5) is 0 Å². The number of aliphatic hydroxyl groups is 1. The molecule has 0 aliphatic heterocycles. The Morgan fingerprint density at radius 1 is 1.00 bits per heavy atom. The first kappa shape index (κ1) is 17.5. The lowest BCUT2D eigenvalue weighted by Gasteiger charge is -2.42. The van der Waals surface area contributed by atoms with Crippen molar-refractivity contribution in [2.24, 2.45) is 0 Å². The maximum atomic E-state index is 9.82. The number of fused-ring (bicyclic) bond motifs is 1. The van der Waals surface area contributed by atoms with E-state index in [1.54, 1.807) is 0 Å². The topological polar surface area (TPSA) is 20.2 Å². The lowest BCUT2D eigenvalue weighted by molar-refractivity contribution is 0.256. The van der Waals surface area contributed by atoms with Crippen LogP contribution in [0.3, 0.4) is 0 Å². The van der Waals surface area contributed by atoms with Gasteiger partial charge in [-0.05, 0) is 46.8 Å². The molecule has 0 saturated carbocycles. The van der Waals surface area contributed by atoms with Gasteiger partial charge in [0.1, 0.15) is 0 Å².